The van der Waals surface area contributed by atoms with Gasteiger partial charge in [0, 0.05) is 0 Å². The van der Waals surface area contributed by atoms with Gasteiger partial charge >= 0.3 is 0 Å². The summed E-state index contributed by atoms with van der Waals surface area (Å²) < 4.78 is 0. The molecule has 0 bridgehead atoms. The lowest BCUT2D eigenvalue weighted by Crippen LogP contribution is -1.71. The Balaban J connectivity index is 3.99. The predicted molar refractivity (Wildman–Crippen MR) is 42.5 cm³/mol. The molecule has 0 aromatic rings. The molecule has 0 atom stereocenters. The molecule has 52 valence electrons. The van der Waals surface area contributed by atoms with Gasteiger partial charge in [0.2, 0.25) is 0 Å². The van der Waals surface area contributed by atoms with E-state index in [1.54, 1.807) is 0 Å². The van der Waals surface area contributed by atoms with Crippen molar-refractivity contribution in [2.24, 2.45) is 0 Å². The molecule has 0 N–H and O–H groups in total. The predicted octanol–water partition coefficient (Wildman–Crippen LogP) is 3.30. The molecule has 0 aliphatic carbocycles. The van der Waals surface area contributed by atoms with Gasteiger partial charge in [-0.1, -0.05) is 13.3 Å². The Labute approximate surface area is 58.3 Å². The van der Waals surface area contributed by atoms with Crippen LogP contribution < -0.4 is 0 Å². The first-order chi connectivity index (χ1) is 4.16. The fourth-order valence-corrected chi connectivity index (χ4v) is 0.864. The minimum atomic E-state index is 1.19. The van der Waals surface area contributed by atoms with E-state index in [1.165, 1.54) is 24.0 Å². The maximum atomic E-state index is 3.28. The van der Waals surface area contributed by atoms with Crippen molar-refractivity contribution in [3.05, 3.63) is 16.9 Å². The monoisotopic (exact) mass is 124 g/mol. The zero-order valence-electron chi connectivity index (χ0n) is 6.91. The van der Waals surface area contributed by atoms with E-state index in [0.29, 0.717) is 0 Å². The smallest absolute Gasteiger partial charge is 0.0249 e. The maximum Gasteiger partial charge on any atom is -0.0249 e. The lowest BCUT2D eigenvalue weighted by molar-refractivity contribution is 0.906. The second kappa shape index (κ2) is 4.40. The van der Waals surface area contributed by atoms with Crippen LogP contribution in [-0.4, -0.2) is 0 Å². The van der Waals surface area contributed by atoms with Crippen molar-refractivity contribution in [3.8, 4) is 0 Å². The van der Waals surface area contributed by atoms with Crippen LogP contribution in [0.4, 0.5) is 0 Å². The van der Waals surface area contributed by atoms with E-state index in [2.05, 4.69) is 33.4 Å². The van der Waals surface area contributed by atoms with Crippen LogP contribution in [-0.2, 0) is 0 Å². The molecule has 0 rings (SSSR count). The highest BCUT2D eigenvalue weighted by Gasteiger charge is 1.82. The SMILES string of the molecule is CCCC(C)=C=C(C)C. The molecular weight excluding hydrogens is 108 g/mol. The van der Waals surface area contributed by atoms with E-state index >= 15 is 0 Å². The van der Waals surface area contributed by atoms with Gasteiger partial charge in [0.25, 0.3) is 0 Å². The van der Waals surface area contributed by atoms with Gasteiger partial charge in [-0.25, -0.2) is 0 Å². The van der Waals surface area contributed by atoms with Crippen molar-refractivity contribution >= 4 is 0 Å². The molecule has 0 aliphatic heterocycles. The summed E-state index contributed by atoms with van der Waals surface area (Å²) in [5, 5.41) is 0. The Kier molecular flexibility index (Phi) is 4.17. The zero-order chi connectivity index (χ0) is 7.28. The number of hydrogen-bond acceptors (Lipinski definition) is 0. The minimum Gasteiger partial charge on any atom is -0.123 e. The third-order valence-corrected chi connectivity index (χ3v) is 1.09. The number of hydrogen-bond donors (Lipinski definition) is 0. The summed E-state index contributed by atoms with van der Waals surface area (Å²) in [7, 11) is 0. The first-order valence-electron chi connectivity index (χ1n) is 3.56. The topological polar surface area (TPSA) is 0 Å². The number of rotatable bonds is 2. The fraction of sp³-hybridized carbons (Fsp3) is 0.667. The third kappa shape index (κ3) is 5.39. The van der Waals surface area contributed by atoms with Gasteiger partial charge in [0.15, 0.2) is 0 Å². The molecule has 0 spiro atoms. The Morgan fingerprint density at radius 3 is 2.11 bits per heavy atom. The van der Waals surface area contributed by atoms with E-state index in [0.717, 1.165) is 0 Å². The van der Waals surface area contributed by atoms with Crippen LogP contribution in [0.1, 0.15) is 40.5 Å². The van der Waals surface area contributed by atoms with Crippen LogP contribution in [0.3, 0.4) is 0 Å². The van der Waals surface area contributed by atoms with Gasteiger partial charge in [-0.3, -0.25) is 0 Å². The molecule has 0 unspecified atom stereocenters. The maximum absolute atomic E-state index is 3.28. The Morgan fingerprint density at radius 1 is 1.22 bits per heavy atom. The van der Waals surface area contributed by atoms with Gasteiger partial charge < -0.3 is 0 Å². The van der Waals surface area contributed by atoms with Crippen molar-refractivity contribution in [1.29, 1.82) is 0 Å². The van der Waals surface area contributed by atoms with Crippen LogP contribution in [0.2, 0.25) is 0 Å². The summed E-state index contributed by atoms with van der Waals surface area (Å²) in [6.45, 7) is 8.49. The quantitative estimate of drug-likeness (QED) is 0.495. The van der Waals surface area contributed by atoms with E-state index in [9.17, 15) is 0 Å². The van der Waals surface area contributed by atoms with Gasteiger partial charge in [-0.05, 0) is 38.3 Å². The van der Waals surface area contributed by atoms with E-state index in [-0.39, 0.29) is 0 Å². The average molecular weight is 124 g/mol. The standard InChI is InChI=1S/C9H16/c1-5-6-9(4)7-8(2)3/h5-6H2,1-4H3. The van der Waals surface area contributed by atoms with Gasteiger partial charge in [-0.15, -0.1) is 5.73 Å². The molecule has 0 amide bonds. The van der Waals surface area contributed by atoms with Crippen molar-refractivity contribution in [2.45, 2.75) is 40.5 Å². The molecule has 0 saturated heterocycles. The van der Waals surface area contributed by atoms with Crippen LogP contribution in [0.15, 0.2) is 16.9 Å². The third-order valence-electron chi connectivity index (χ3n) is 1.09. The lowest BCUT2D eigenvalue weighted by atomic mass is 10.2. The van der Waals surface area contributed by atoms with Gasteiger partial charge in [0.1, 0.15) is 0 Å². The first-order valence-corrected chi connectivity index (χ1v) is 3.56. The van der Waals surface area contributed by atoms with Crippen LogP contribution in [0.5, 0.6) is 0 Å². The molecule has 9 heavy (non-hydrogen) atoms. The molecule has 0 heteroatoms. The zero-order valence-corrected chi connectivity index (χ0v) is 6.91. The summed E-state index contributed by atoms with van der Waals surface area (Å²) in [6, 6.07) is 0. The lowest BCUT2D eigenvalue weighted by Gasteiger charge is -1.90. The Morgan fingerprint density at radius 2 is 1.78 bits per heavy atom. The Bertz CT molecular complexity index is 130. The molecule has 0 heterocycles. The fourth-order valence-electron chi connectivity index (χ4n) is 0.864. The van der Waals surface area contributed by atoms with Gasteiger partial charge in [0.05, 0.1) is 0 Å². The molecule has 0 aliphatic rings. The van der Waals surface area contributed by atoms with Crippen LogP contribution in [0, 0.1) is 0 Å². The second-order valence-corrected chi connectivity index (χ2v) is 2.66. The average Bonchev–Trinajstić information content (AvgIpc) is 1.63. The first kappa shape index (κ1) is 8.52. The van der Waals surface area contributed by atoms with Crippen LogP contribution in [0.25, 0.3) is 0 Å². The summed E-state index contributed by atoms with van der Waals surface area (Å²) in [5.74, 6) is 0. The normalized spacial score (nSPS) is 8.44. The highest BCUT2D eigenvalue weighted by Crippen LogP contribution is 2.01. The summed E-state index contributed by atoms with van der Waals surface area (Å²) in [5.41, 5.74) is 5.93. The molecule has 0 aromatic carbocycles. The molecule has 0 saturated carbocycles. The van der Waals surface area contributed by atoms with Gasteiger partial charge in [-0.2, -0.15) is 0 Å². The summed E-state index contributed by atoms with van der Waals surface area (Å²) >= 11 is 0. The van der Waals surface area contributed by atoms with Crippen molar-refractivity contribution < 1.29 is 0 Å². The highest BCUT2D eigenvalue weighted by atomic mass is 13.9. The van der Waals surface area contributed by atoms with Crippen molar-refractivity contribution in [2.75, 3.05) is 0 Å². The minimum absolute atomic E-state index is 1.19. The molecule has 0 fully saturated rings. The van der Waals surface area contributed by atoms with E-state index < -0.39 is 0 Å². The highest BCUT2D eigenvalue weighted by molar-refractivity contribution is 5.02. The second-order valence-electron chi connectivity index (χ2n) is 2.66. The summed E-state index contributed by atoms with van der Waals surface area (Å²) in [6.07, 6.45) is 2.41. The van der Waals surface area contributed by atoms with E-state index in [4.69, 9.17) is 0 Å². The Hall–Kier alpha value is -0.480. The van der Waals surface area contributed by atoms with Crippen LogP contribution >= 0.6 is 0 Å². The van der Waals surface area contributed by atoms with E-state index in [1.807, 2.05) is 0 Å². The molecule has 0 radical (unpaired) electrons. The van der Waals surface area contributed by atoms with Crippen molar-refractivity contribution in [3.63, 3.8) is 0 Å². The largest absolute Gasteiger partial charge is 0.123 e. The molecule has 0 aromatic heterocycles. The summed E-state index contributed by atoms with van der Waals surface area (Å²) in [4.78, 5) is 0. The van der Waals surface area contributed by atoms with Crippen molar-refractivity contribution in [1.82, 2.24) is 0 Å². The number of allylic oxidation sites excluding steroid dienone is 1. The molecular formula is C9H16. The molecule has 0 nitrogen and oxygen atoms in total.